The Morgan fingerprint density at radius 1 is 1.38 bits per heavy atom. The average molecular weight is 224 g/mol. The standard InChI is InChI=1S/C12H17FN2O/c13-11-2-1-3-12(10(11)8-14)15-6-4-9(16)5-7-15/h1-3,9,16H,4-8,14H2. The number of piperidine rings is 1. The van der Waals surface area contributed by atoms with E-state index in [1.165, 1.54) is 6.07 Å². The van der Waals surface area contributed by atoms with Gasteiger partial charge in [-0.1, -0.05) is 6.07 Å². The summed E-state index contributed by atoms with van der Waals surface area (Å²) in [7, 11) is 0. The van der Waals surface area contributed by atoms with Gasteiger partial charge in [0.05, 0.1) is 6.10 Å². The minimum absolute atomic E-state index is 0.209. The lowest BCUT2D eigenvalue weighted by Crippen LogP contribution is -2.36. The molecule has 1 aliphatic heterocycles. The fraction of sp³-hybridized carbons (Fsp3) is 0.500. The van der Waals surface area contributed by atoms with E-state index in [0.29, 0.717) is 5.56 Å². The molecule has 0 unspecified atom stereocenters. The summed E-state index contributed by atoms with van der Waals surface area (Å²) in [5.41, 5.74) is 7.01. The summed E-state index contributed by atoms with van der Waals surface area (Å²) >= 11 is 0. The van der Waals surface area contributed by atoms with Crippen LogP contribution in [0.25, 0.3) is 0 Å². The monoisotopic (exact) mass is 224 g/mol. The Morgan fingerprint density at radius 3 is 2.69 bits per heavy atom. The summed E-state index contributed by atoms with van der Waals surface area (Å²) in [6, 6.07) is 5.03. The molecule has 0 bridgehead atoms. The van der Waals surface area contributed by atoms with Gasteiger partial charge in [-0.2, -0.15) is 0 Å². The van der Waals surface area contributed by atoms with E-state index in [2.05, 4.69) is 4.90 Å². The fourth-order valence-electron chi connectivity index (χ4n) is 2.15. The number of anilines is 1. The van der Waals surface area contributed by atoms with Gasteiger partial charge >= 0.3 is 0 Å². The van der Waals surface area contributed by atoms with E-state index >= 15 is 0 Å². The van der Waals surface area contributed by atoms with Crippen LogP contribution in [-0.2, 0) is 6.54 Å². The van der Waals surface area contributed by atoms with Gasteiger partial charge in [-0.3, -0.25) is 0 Å². The maximum absolute atomic E-state index is 13.5. The zero-order valence-corrected chi connectivity index (χ0v) is 9.19. The maximum atomic E-state index is 13.5. The molecule has 16 heavy (non-hydrogen) atoms. The van der Waals surface area contributed by atoms with Crippen LogP contribution in [0.1, 0.15) is 18.4 Å². The van der Waals surface area contributed by atoms with Crippen molar-refractivity contribution >= 4 is 5.69 Å². The van der Waals surface area contributed by atoms with Crippen molar-refractivity contribution in [2.45, 2.75) is 25.5 Å². The van der Waals surface area contributed by atoms with Crippen LogP contribution in [0.5, 0.6) is 0 Å². The van der Waals surface area contributed by atoms with E-state index in [4.69, 9.17) is 5.73 Å². The largest absolute Gasteiger partial charge is 0.393 e. The second-order valence-electron chi connectivity index (χ2n) is 4.16. The second kappa shape index (κ2) is 4.80. The van der Waals surface area contributed by atoms with Gasteiger partial charge in [-0.15, -0.1) is 0 Å². The highest BCUT2D eigenvalue weighted by molar-refractivity contribution is 5.54. The lowest BCUT2D eigenvalue weighted by Gasteiger charge is -2.32. The van der Waals surface area contributed by atoms with Gasteiger partial charge < -0.3 is 15.7 Å². The molecule has 0 aliphatic carbocycles. The molecule has 0 radical (unpaired) electrons. The van der Waals surface area contributed by atoms with Gasteiger partial charge in [0.1, 0.15) is 5.82 Å². The molecular weight excluding hydrogens is 207 g/mol. The maximum Gasteiger partial charge on any atom is 0.129 e. The van der Waals surface area contributed by atoms with Crippen LogP contribution < -0.4 is 10.6 Å². The van der Waals surface area contributed by atoms with Crippen molar-refractivity contribution in [3.8, 4) is 0 Å². The molecule has 1 aromatic carbocycles. The van der Waals surface area contributed by atoms with Gasteiger partial charge in [0, 0.05) is 30.9 Å². The molecule has 1 aromatic rings. The minimum Gasteiger partial charge on any atom is -0.393 e. The number of hydrogen-bond acceptors (Lipinski definition) is 3. The first-order valence-corrected chi connectivity index (χ1v) is 5.63. The molecule has 0 amide bonds. The number of benzene rings is 1. The van der Waals surface area contributed by atoms with E-state index in [1.54, 1.807) is 6.07 Å². The van der Waals surface area contributed by atoms with Crippen LogP contribution in [0, 0.1) is 5.82 Å². The minimum atomic E-state index is -0.244. The van der Waals surface area contributed by atoms with Crippen molar-refractivity contribution in [3.05, 3.63) is 29.6 Å². The molecule has 0 atom stereocenters. The van der Waals surface area contributed by atoms with Gasteiger partial charge in [0.2, 0.25) is 0 Å². The molecule has 1 fully saturated rings. The predicted molar refractivity (Wildman–Crippen MR) is 61.7 cm³/mol. The van der Waals surface area contributed by atoms with Crippen LogP contribution in [0.4, 0.5) is 10.1 Å². The zero-order chi connectivity index (χ0) is 11.5. The van der Waals surface area contributed by atoms with Crippen LogP contribution in [-0.4, -0.2) is 24.3 Å². The Balaban J connectivity index is 2.23. The van der Waals surface area contributed by atoms with Gasteiger partial charge in [0.25, 0.3) is 0 Å². The van der Waals surface area contributed by atoms with Crippen LogP contribution in [0.3, 0.4) is 0 Å². The molecule has 2 rings (SSSR count). The van der Waals surface area contributed by atoms with Gasteiger partial charge in [-0.25, -0.2) is 4.39 Å². The highest BCUT2D eigenvalue weighted by atomic mass is 19.1. The van der Waals surface area contributed by atoms with Gasteiger partial charge in [0.15, 0.2) is 0 Å². The Hall–Kier alpha value is -1.13. The normalized spacial score (nSPS) is 17.8. The average Bonchev–Trinajstić information content (AvgIpc) is 2.30. The first kappa shape index (κ1) is 11.4. The number of aliphatic hydroxyl groups is 1. The summed E-state index contributed by atoms with van der Waals surface area (Å²) in [5, 5.41) is 9.43. The Labute approximate surface area is 94.7 Å². The van der Waals surface area contributed by atoms with Gasteiger partial charge in [-0.05, 0) is 25.0 Å². The lowest BCUT2D eigenvalue weighted by atomic mass is 10.0. The lowest BCUT2D eigenvalue weighted by molar-refractivity contribution is 0.145. The third-order valence-electron chi connectivity index (χ3n) is 3.10. The number of aliphatic hydroxyl groups excluding tert-OH is 1. The smallest absolute Gasteiger partial charge is 0.129 e. The number of nitrogens with zero attached hydrogens (tertiary/aromatic N) is 1. The summed E-state index contributed by atoms with van der Waals surface area (Å²) in [6.45, 7) is 1.73. The SMILES string of the molecule is NCc1c(F)cccc1N1CCC(O)CC1. The number of hydrogen-bond donors (Lipinski definition) is 2. The highest BCUT2D eigenvalue weighted by Gasteiger charge is 2.20. The third-order valence-corrected chi connectivity index (χ3v) is 3.10. The van der Waals surface area contributed by atoms with Crippen molar-refractivity contribution in [3.63, 3.8) is 0 Å². The topological polar surface area (TPSA) is 49.5 Å². The number of rotatable bonds is 2. The fourth-order valence-corrected chi connectivity index (χ4v) is 2.15. The first-order chi connectivity index (χ1) is 7.72. The zero-order valence-electron chi connectivity index (χ0n) is 9.19. The number of nitrogens with two attached hydrogens (primary N) is 1. The molecule has 1 aliphatic rings. The van der Waals surface area contributed by atoms with E-state index in [-0.39, 0.29) is 18.5 Å². The molecule has 0 aromatic heterocycles. The molecule has 1 heterocycles. The summed E-state index contributed by atoms with van der Waals surface area (Å²) in [5.74, 6) is -0.244. The molecule has 4 heteroatoms. The van der Waals surface area contributed by atoms with E-state index in [1.807, 2.05) is 6.07 Å². The van der Waals surface area contributed by atoms with Crippen molar-refractivity contribution in [2.75, 3.05) is 18.0 Å². The quantitative estimate of drug-likeness (QED) is 0.794. The van der Waals surface area contributed by atoms with Crippen molar-refractivity contribution < 1.29 is 9.50 Å². The molecule has 88 valence electrons. The summed E-state index contributed by atoms with van der Waals surface area (Å²) < 4.78 is 13.5. The highest BCUT2D eigenvalue weighted by Crippen LogP contribution is 2.25. The Bertz CT molecular complexity index is 362. The Kier molecular flexibility index (Phi) is 3.41. The van der Waals surface area contributed by atoms with E-state index in [0.717, 1.165) is 31.6 Å². The third kappa shape index (κ3) is 2.18. The summed E-state index contributed by atoms with van der Waals surface area (Å²) in [4.78, 5) is 2.10. The molecule has 3 nitrogen and oxygen atoms in total. The molecule has 1 saturated heterocycles. The second-order valence-corrected chi connectivity index (χ2v) is 4.16. The van der Waals surface area contributed by atoms with Crippen molar-refractivity contribution in [1.29, 1.82) is 0 Å². The molecule has 0 spiro atoms. The molecule has 0 saturated carbocycles. The van der Waals surface area contributed by atoms with E-state index < -0.39 is 0 Å². The van der Waals surface area contributed by atoms with Crippen molar-refractivity contribution in [1.82, 2.24) is 0 Å². The number of halogens is 1. The van der Waals surface area contributed by atoms with E-state index in [9.17, 15) is 9.50 Å². The van der Waals surface area contributed by atoms with Crippen LogP contribution in [0.15, 0.2) is 18.2 Å². The van der Waals surface area contributed by atoms with Crippen LogP contribution >= 0.6 is 0 Å². The van der Waals surface area contributed by atoms with Crippen molar-refractivity contribution in [2.24, 2.45) is 5.73 Å². The summed E-state index contributed by atoms with van der Waals surface area (Å²) in [6.07, 6.45) is 1.26. The predicted octanol–water partition coefficient (Wildman–Crippen LogP) is 1.25. The van der Waals surface area contributed by atoms with Crippen LogP contribution in [0.2, 0.25) is 0 Å². The first-order valence-electron chi connectivity index (χ1n) is 5.63. The molecular formula is C12H17FN2O. The Morgan fingerprint density at radius 2 is 2.06 bits per heavy atom. The molecule has 3 N–H and O–H groups in total.